The Morgan fingerprint density at radius 3 is 1.67 bits per heavy atom. The smallest absolute Gasteiger partial charge is 0.317 e. The van der Waals surface area contributed by atoms with Crippen LogP contribution in [0, 0.1) is 0 Å². The third-order valence-corrected chi connectivity index (χ3v) is 1.74. The molecule has 0 saturated heterocycles. The van der Waals surface area contributed by atoms with Gasteiger partial charge in [-0.1, -0.05) is 0 Å². The molecule has 1 heterocycles. The maximum atomic E-state index is 5.53. The summed E-state index contributed by atoms with van der Waals surface area (Å²) in [6, 6.07) is 0. The first-order chi connectivity index (χ1) is 4.49. The summed E-state index contributed by atoms with van der Waals surface area (Å²) in [7, 11) is 0. The predicted molar refractivity (Wildman–Crippen MR) is 42.0 cm³/mol. The van der Waals surface area contributed by atoms with Crippen molar-refractivity contribution in [3.8, 4) is 0 Å². The molecule has 0 fully saturated rings. The topological polar surface area (TPSA) is 80.0 Å². The fourth-order valence-corrected chi connectivity index (χ4v) is 1.67. The zero-order chi connectivity index (χ0) is 7.78. The second-order valence-electron chi connectivity index (χ2n) is 2.71. The highest BCUT2D eigenvalue weighted by Gasteiger charge is 2.28. The number of nitrogens with one attached hydrogen (secondary N) is 2. The third-order valence-electron chi connectivity index (χ3n) is 1.09. The van der Waals surface area contributed by atoms with E-state index in [-0.39, 0.29) is 39.6 Å². The molecule has 0 radical (unpaired) electrons. The molecule has 72 valence electrons. The molecule has 0 unspecified atom stereocenters. The van der Waals surface area contributed by atoms with E-state index in [2.05, 4.69) is 9.98 Å². The van der Waals surface area contributed by atoms with Gasteiger partial charge in [0.1, 0.15) is 0 Å². The van der Waals surface area contributed by atoms with Crippen LogP contribution in [-0.2, 0) is 0 Å². The van der Waals surface area contributed by atoms with E-state index in [1.54, 1.807) is 0 Å². The van der Waals surface area contributed by atoms with E-state index in [1.807, 2.05) is 13.8 Å². The number of nitrogens with two attached hydrogens (primary N) is 2. The van der Waals surface area contributed by atoms with Gasteiger partial charge in [0, 0.05) is 13.8 Å². The summed E-state index contributed by atoms with van der Waals surface area (Å²) in [5.41, 5.74) is 10.8. The molecule has 0 amide bonds. The van der Waals surface area contributed by atoms with Gasteiger partial charge in [-0.25, -0.2) is 9.98 Å². The van der Waals surface area contributed by atoms with Crippen LogP contribution in [0.25, 0.3) is 0 Å². The van der Waals surface area contributed by atoms with Crippen LogP contribution >= 0.6 is 11.8 Å². The molecule has 0 bridgehead atoms. The van der Waals surface area contributed by atoms with Crippen molar-refractivity contribution in [3.63, 3.8) is 0 Å². The van der Waals surface area contributed by atoms with Crippen LogP contribution in [-0.4, -0.2) is 16.0 Å². The first-order valence-corrected chi connectivity index (χ1v) is 3.80. The Morgan fingerprint density at radius 2 is 1.42 bits per heavy atom. The molecule has 6 N–H and O–H groups in total. The van der Waals surface area contributed by atoms with Crippen molar-refractivity contribution in [1.29, 1.82) is 0 Å². The zero-order valence-corrected chi connectivity index (χ0v) is 10.8. The van der Waals surface area contributed by atoms with Crippen LogP contribution in [0.15, 0.2) is 0 Å². The Morgan fingerprint density at radius 1 is 1.08 bits per heavy atom. The van der Waals surface area contributed by atoms with E-state index in [0.717, 1.165) is 0 Å². The van der Waals surface area contributed by atoms with Gasteiger partial charge in [-0.05, 0) is 0 Å². The summed E-state index contributed by atoms with van der Waals surface area (Å²) in [4.78, 5) is 6.06. The number of halogens is 2. The van der Waals surface area contributed by atoms with Crippen molar-refractivity contribution in [1.82, 2.24) is 0 Å². The monoisotopic (exact) mass is 318 g/mol. The number of hydrogen-bond donors (Lipinski definition) is 4. The first-order valence-electron chi connectivity index (χ1n) is 2.99. The van der Waals surface area contributed by atoms with Gasteiger partial charge < -0.3 is 34.0 Å². The summed E-state index contributed by atoms with van der Waals surface area (Å²) in [6.45, 7) is 3.93. The largest absolute Gasteiger partial charge is 1.00 e. The Kier molecular flexibility index (Phi) is 6.25. The fraction of sp³-hybridized carbons (Fsp3) is 0.600. The molecule has 0 aromatic rings. The van der Waals surface area contributed by atoms with E-state index < -0.39 is 0 Å². The van der Waals surface area contributed by atoms with Crippen LogP contribution in [0.2, 0.25) is 0 Å². The molecular weight excluding hydrogens is 308 g/mol. The Balaban J connectivity index is 0. The molecule has 1 rings (SSSR count). The van der Waals surface area contributed by atoms with Gasteiger partial charge in [0.05, 0.1) is 11.8 Å². The lowest BCUT2D eigenvalue weighted by atomic mass is 10.3. The highest BCUT2D eigenvalue weighted by atomic mass is 79.9. The van der Waals surface area contributed by atoms with Crippen LogP contribution in [0.1, 0.15) is 13.8 Å². The van der Waals surface area contributed by atoms with Crippen LogP contribution in [0.5, 0.6) is 0 Å². The Bertz CT molecular complexity index is 193. The Hall–Kier alpha value is 0.250. The molecule has 0 spiro atoms. The minimum atomic E-state index is -0.223. The maximum Gasteiger partial charge on any atom is 0.317 e. The van der Waals surface area contributed by atoms with Gasteiger partial charge in [-0.15, -0.1) is 0 Å². The van der Waals surface area contributed by atoms with Gasteiger partial charge >= 0.3 is 10.3 Å². The molecule has 0 saturated carbocycles. The summed E-state index contributed by atoms with van der Waals surface area (Å²) in [6.07, 6.45) is 0. The van der Waals surface area contributed by atoms with Gasteiger partial charge in [-0.3, -0.25) is 11.5 Å². The summed E-state index contributed by atoms with van der Waals surface area (Å²) >= 11 is 1.31. The number of hydrogen-bond acceptors (Lipinski definition) is 3. The second kappa shape index (κ2) is 5.08. The van der Waals surface area contributed by atoms with Crippen molar-refractivity contribution < 1.29 is 43.9 Å². The number of thioether (sulfide) groups is 1. The van der Waals surface area contributed by atoms with Gasteiger partial charge in [0.25, 0.3) is 0 Å². The zero-order valence-electron chi connectivity index (χ0n) is 6.82. The van der Waals surface area contributed by atoms with Crippen LogP contribution in [0.3, 0.4) is 0 Å². The quantitative estimate of drug-likeness (QED) is 0.358. The molecule has 0 aromatic heterocycles. The number of rotatable bonds is 0. The highest BCUT2D eigenvalue weighted by molar-refractivity contribution is 8.25. The third kappa shape index (κ3) is 4.32. The van der Waals surface area contributed by atoms with Crippen molar-refractivity contribution in [2.45, 2.75) is 19.5 Å². The normalized spacial score (nSPS) is 19.5. The number of amidine groups is 2. The SMILES string of the molecule is CC1(C)[NH+]=C(N)SC(N)=[NH+]1.[Br-].[Br-]. The van der Waals surface area contributed by atoms with E-state index in [4.69, 9.17) is 11.5 Å². The van der Waals surface area contributed by atoms with Crippen molar-refractivity contribution in [2.75, 3.05) is 0 Å². The van der Waals surface area contributed by atoms with Crippen molar-refractivity contribution in [2.24, 2.45) is 11.5 Å². The standard InChI is InChI=1S/C5H10N4S.2BrH/c1-5(2)8-3(6)10-4(7)9-5;;/h1-2H3,(H2,6,8)(H2,7,9);2*1H. The van der Waals surface area contributed by atoms with Crippen molar-refractivity contribution >= 4 is 22.1 Å². The minimum absolute atomic E-state index is 0. The average molecular weight is 320 g/mol. The lowest BCUT2D eigenvalue weighted by Gasteiger charge is -2.12. The molecule has 0 aromatic carbocycles. The maximum absolute atomic E-state index is 5.53. The lowest BCUT2D eigenvalue weighted by Crippen LogP contribution is -3.10. The molecule has 7 heteroatoms. The van der Waals surface area contributed by atoms with E-state index >= 15 is 0 Å². The second-order valence-corrected chi connectivity index (χ2v) is 3.79. The molecular formula is C5H12Br2N4S. The summed E-state index contributed by atoms with van der Waals surface area (Å²) < 4.78 is 0. The average Bonchev–Trinajstić information content (AvgIpc) is 1.54. The van der Waals surface area contributed by atoms with Gasteiger partial charge in [0.2, 0.25) is 5.66 Å². The molecule has 4 nitrogen and oxygen atoms in total. The van der Waals surface area contributed by atoms with Crippen molar-refractivity contribution in [3.05, 3.63) is 0 Å². The highest BCUT2D eigenvalue weighted by Crippen LogP contribution is 1.92. The lowest BCUT2D eigenvalue weighted by molar-refractivity contribution is -0.782. The molecule has 0 aliphatic carbocycles. The van der Waals surface area contributed by atoms with E-state index in [1.165, 1.54) is 11.8 Å². The van der Waals surface area contributed by atoms with Gasteiger partial charge in [0.15, 0.2) is 0 Å². The summed E-state index contributed by atoms with van der Waals surface area (Å²) in [5.74, 6) is 0. The molecule has 0 atom stereocenters. The predicted octanol–water partition coefficient (Wildman–Crippen LogP) is -9.73. The molecule has 1 aliphatic heterocycles. The van der Waals surface area contributed by atoms with Gasteiger partial charge in [-0.2, -0.15) is 0 Å². The van der Waals surface area contributed by atoms with E-state index in [9.17, 15) is 0 Å². The Labute approximate surface area is 96.8 Å². The van der Waals surface area contributed by atoms with Crippen LogP contribution in [0.4, 0.5) is 0 Å². The molecule has 1 aliphatic rings. The minimum Gasteiger partial charge on any atom is -1.00 e. The first kappa shape index (κ1) is 14.8. The fourth-order valence-electron chi connectivity index (χ4n) is 0.817. The molecule has 12 heavy (non-hydrogen) atoms. The van der Waals surface area contributed by atoms with E-state index in [0.29, 0.717) is 10.3 Å². The van der Waals surface area contributed by atoms with Crippen LogP contribution < -0.4 is 55.4 Å². The summed E-state index contributed by atoms with van der Waals surface area (Å²) in [5, 5.41) is 1.28.